The van der Waals surface area contributed by atoms with Crippen LogP contribution in [0.1, 0.15) is 30.2 Å². The molecule has 0 aliphatic carbocycles. The van der Waals surface area contributed by atoms with Gasteiger partial charge >= 0.3 is 41.5 Å². The summed E-state index contributed by atoms with van der Waals surface area (Å²) in [6.07, 6.45) is 1.60. The predicted molar refractivity (Wildman–Crippen MR) is 156 cm³/mol. The predicted octanol–water partition coefficient (Wildman–Crippen LogP) is -4.87. The van der Waals surface area contributed by atoms with Gasteiger partial charge in [0.25, 0.3) is 11.8 Å². The minimum absolute atomic E-state index is 0. The molecule has 3 atom stereocenters. The number of aryl methyl sites for hydroxylation is 1. The van der Waals surface area contributed by atoms with Crippen molar-refractivity contribution in [3.63, 3.8) is 0 Å². The van der Waals surface area contributed by atoms with Gasteiger partial charge in [0.05, 0.1) is 17.7 Å². The molecule has 48 heavy (non-hydrogen) atoms. The first-order valence-corrected chi connectivity index (χ1v) is 15.8. The molecule has 3 fully saturated rings. The molecule has 248 valence electrons. The molecule has 4 amide bonds. The van der Waals surface area contributed by atoms with E-state index in [9.17, 15) is 39.1 Å². The number of anilines is 1. The molecule has 3 saturated heterocycles. The van der Waals surface area contributed by atoms with Gasteiger partial charge in [0, 0.05) is 42.5 Å². The minimum Gasteiger partial charge on any atom is -0.543 e. The van der Waals surface area contributed by atoms with Crippen LogP contribution in [0.25, 0.3) is 0 Å². The number of fused-ring (bicyclic) bond motifs is 1. The Labute approximate surface area is 300 Å². The SMILES string of the molecule is Cc1oc(=O)oc1COC(=O)N1CC[C@@H](N2CCC(=CC3=C(C(=O)[O-])N4C(=O)[C@@H](NC(=O)C(=NO)c5nsc(N)n5)[C@H]4SC3)C2=O)C1.[Na+]. The molecule has 4 N–H and O–H groups in total. The molecule has 0 bridgehead atoms. The molecule has 19 nitrogen and oxygen atoms in total. The molecular formula is C26H25N8NaO11S2. The van der Waals surface area contributed by atoms with E-state index >= 15 is 0 Å². The fourth-order valence-corrected chi connectivity index (χ4v) is 7.43. The number of ether oxygens (including phenoxy) is 1. The van der Waals surface area contributed by atoms with Crippen LogP contribution in [-0.2, 0) is 30.5 Å². The number of allylic oxidation sites excluding steroid dienone is 1. The number of aliphatic carboxylic acids is 1. The number of amides is 4. The number of thioether (sulfide) groups is 1. The van der Waals surface area contributed by atoms with Crippen LogP contribution in [0.5, 0.6) is 0 Å². The number of rotatable bonds is 8. The third-order valence-corrected chi connectivity index (χ3v) is 9.82. The molecule has 22 heteroatoms. The molecule has 6 rings (SSSR count). The van der Waals surface area contributed by atoms with E-state index in [0.717, 1.165) is 16.4 Å². The molecular weight excluding hydrogens is 687 g/mol. The van der Waals surface area contributed by atoms with Gasteiger partial charge in [-0.05, 0) is 31.4 Å². The number of nitrogens with two attached hydrogens (primary N) is 1. The molecule has 4 aliphatic rings. The number of aromatic nitrogens is 2. The van der Waals surface area contributed by atoms with E-state index in [1.807, 2.05) is 0 Å². The molecule has 6 heterocycles. The van der Waals surface area contributed by atoms with Crippen LogP contribution in [0.3, 0.4) is 0 Å². The zero-order valence-corrected chi connectivity index (χ0v) is 29.0. The van der Waals surface area contributed by atoms with Crippen LogP contribution in [0.15, 0.2) is 41.7 Å². The molecule has 2 aromatic heterocycles. The van der Waals surface area contributed by atoms with Crippen LogP contribution in [0.2, 0.25) is 0 Å². The number of β-lactam (4-membered cyclic amide) rings is 1. The van der Waals surface area contributed by atoms with Crippen molar-refractivity contribution in [1.29, 1.82) is 0 Å². The van der Waals surface area contributed by atoms with Crippen molar-refractivity contribution >= 4 is 63.9 Å². The normalized spacial score (nSPS) is 23.3. The van der Waals surface area contributed by atoms with E-state index in [1.165, 1.54) is 29.7 Å². The van der Waals surface area contributed by atoms with Crippen molar-refractivity contribution in [2.45, 2.75) is 43.8 Å². The number of nitrogens with one attached hydrogen (secondary N) is 1. The Bertz CT molecular complexity index is 1830. The first-order valence-electron chi connectivity index (χ1n) is 14.0. The zero-order valence-electron chi connectivity index (χ0n) is 25.4. The summed E-state index contributed by atoms with van der Waals surface area (Å²) in [7, 11) is 0. The third-order valence-electron chi connectivity index (χ3n) is 7.98. The Balaban J connectivity index is 0.00000451. The number of likely N-dealkylation sites (tertiary alicyclic amines) is 2. The number of nitrogen functional groups attached to an aromatic ring is 1. The van der Waals surface area contributed by atoms with Crippen molar-refractivity contribution < 1.29 is 77.4 Å². The van der Waals surface area contributed by atoms with Gasteiger partial charge in [-0.2, -0.15) is 9.36 Å². The van der Waals surface area contributed by atoms with Gasteiger partial charge in [-0.3, -0.25) is 19.3 Å². The van der Waals surface area contributed by atoms with E-state index in [2.05, 4.69) is 19.8 Å². The maximum atomic E-state index is 13.4. The van der Waals surface area contributed by atoms with E-state index in [-0.39, 0.29) is 88.5 Å². The van der Waals surface area contributed by atoms with E-state index in [0.29, 0.717) is 31.5 Å². The van der Waals surface area contributed by atoms with Crippen molar-refractivity contribution in [2.75, 3.05) is 31.1 Å². The van der Waals surface area contributed by atoms with Crippen molar-refractivity contribution in [1.82, 2.24) is 29.4 Å². The van der Waals surface area contributed by atoms with Crippen LogP contribution in [-0.4, -0.2) is 108 Å². The number of hydrogen-bond acceptors (Lipinski definition) is 17. The van der Waals surface area contributed by atoms with E-state index in [1.54, 1.807) is 4.90 Å². The Morgan fingerprint density at radius 1 is 1.25 bits per heavy atom. The van der Waals surface area contributed by atoms with Crippen LogP contribution >= 0.6 is 23.3 Å². The van der Waals surface area contributed by atoms with Crippen LogP contribution in [0, 0.1) is 6.92 Å². The summed E-state index contributed by atoms with van der Waals surface area (Å²) in [4.78, 5) is 83.0. The summed E-state index contributed by atoms with van der Waals surface area (Å²) in [6, 6.07) is -1.45. The van der Waals surface area contributed by atoms with Crippen molar-refractivity contribution in [2.24, 2.45) is 5.16 Å². The Kier molecular flexibility index (Phi) is 10.3. The van der Waals surface area contributed by atoms with Crippen molar-refractivity contribution in [3.8, 4) is 0 Å². The number of carbonyl (C=O) groups is 5. The second-order valence-corrected chi connectivity index (χ2v) is 12.6. The molecule has 0 radical (unpaired) electrons. The first kappa shape index (κ1) is 35.1. The van der Waals surface area contributed by atoms with Gasteiger partial charge in [-0.25, -0.2) is 9.59 Å². The molecule has 0 unspecified atom stereocenters. The van der Waals surface area contributed by atoms with Gasteiger partial charge in [0.2, 0.25) is 17.4 Å². The standard InChI is InChI=1S/C26H26N8O11S2.Na/c1-10-14(45-26(41)44-10)8-43-25(40)32-4-3-13(7-32)33-5-2-11(20(33)36)6-12-9-46-22-16(21(37)34(22)17(12)23(38)39)28-19(35)15(30-42)18-29-24(27)47-31-18;/h6,13,16,22,42H,2-5,7-9H2,1H3,(H,28,35)(H,38,39)(H2,27,29,31);/q;+1/p-1/t13-,16-,22-;/m1./s1. The van der Waals surface area contributed by atoms with Gasteiger partial charge in [0.15, 0.2) is 23.3 Å². The number of nitrogens with zero attached hydrogens (tertiary/aromatic N) is 6. The average molecular weight is 713 g/mol. The summed E-state index contributed by atoms with van der Waals surface area (Å²) >= 11 is 1.94. The number of hydrogen-bond donors (Lipinski definition) is 3. The Morgan fingerprint density at radius 2 is 2.02 bits per heavy atom. The molecule has 4 aliphatic heterocycles. The molecule has 0 saturated carbocycles. The smallest absolute Gasteiger partial charge is 0.543 e. The summed E-state index contributed by atoms with van der Waals surface area (Å²) < 4.78 is 18.6. The van der Waals surface area contributed by atoms with Crippen LogP contribution in [0.4, 0.5) is 9.93 Å². The maximum Gasteiger partial charge on any atom is 1.00 e. The van der Waals surface area contributed by atoms with Gasteiger partial charge in [-0.15, -0.1) is 11.8 Å². The first-order chi connectivity index (χ1) is 22.5. The second kappa shape index (κ2) is 14.1. The van der Waals surface area contributed by atoms with Gasteiger partial charge < -0.3 is 49.5 Å². The zero-order chi connectivity index (χ0) is 33.6. The monoisotopic (exact) mass is 712 g/mol. The van der Waals surface area contributed by atoms with E-state index in [4.69, 9.17) is 19.3 Å². The van der Waals surface area contributed by atoms with Gasteiger partial charge in [-0.1, -0.05) is 5.16 Å². The summed E-state index contributed by atoms with van der Waals surface area (Å²) in [5, 5.41) is 26.1. The second-order valence-electron chi connectivity index (χ2n) is 10.7. The van der Waals surface area contributed by atoms with Crippen molar-refractivity contribution in [3.05, 3.63) is 50.9 Å². The fourth-order valence-electron chi connectivity index (χ4n) is 5.69. The fraction of sp³-hybridized carbons (Fsp3) is 0.423. The minimum atomic E-state index is -1.63. The van der Waals surface area contributed by atoms with E-state index < -0.39 is 52.5 Å². The summed E-state index contributed by atoms with van der Waals surface area (Å²) in [6.45, 7) is 2.09. The number of oxime groups is 1. The largest absolute Gasteiger partial charge is 1.00 e. The molecule has 0 spiro atoms. The topological polar surface area (TPSA) is 267 Å². The number of carboxylic acids is 1. The Morgan fingerprint density at radius 3 is 2.67 bits per heavy atom. The third kappa shape index (κ3) is 6.59. The number of carboxylic acid groups (broad SMARTS) is 1. The maximum absolute atomic E-state index is 13.4. The summed E-state index contributed by atoms with van der Waals surface area (Å²) in [5.41, 5.74) is 5.07. The quantitative estimate of drug-likeness (QED) is 0.0578. The number of carbonyl (C=O) groups excluding carboxylic acids is 5. The van der Waals surface area contributed by atoms with Crippen LogP contribution < -0.4 is 51.5 Å². The molecule has 0 aromatic carbocycles. The average Bonchev–Trinajstić information content (AvgIpc) is 3.83. The Hall–Kier alpha value is -4.18. The van der Waals surface area contributed by atoms with Gasteiger partial charge in [0.1, 0.15) is 11.4 Å². The molecule has 2 aromatic rings. The summed E-state index contributed by atoms with van der Waals surface area (Å²) in [5.74, 6) is -4.41.